The lowest BCUT2D eigenvalue weighted by atomic mass is 9.86. The van der Waals surface area contributed by atoms with Crippen molar-refractivity contribution in [1.82, 2.24) is 5.32 Å². The molecule has 1 unspecified atom stereocenters. The maximum Gasteiger partial charge on any atom is 0.251 e. The number of hydrogen-bond acceptors (Lipinski definition) is 3. The first-order valence-corrected chi connectivity index (χ1v) is 8.13. The van der Waals surface area contributed by atoms with Crippen LogP contribution in [0.4, 0.5) is 0 Å². The molecule has 0 aliphatic heterocycles. The van der Waals surface area contributed by atoms with Crippen LogP contribution < -0.4 is 5.32 Å². The third-order valence-electron chi connectivity index (χ3n) is 4.86. The Balaban J connectivity index is 1.84. The van der Waals surface area contributed by atoms with Crippen LogP contribution in [-0.2, 0) is 11.2 Å². The predicted octanol–water partition coefficient (Wildman–Crippen LogP) is 2.04. The molecule has 0 bridgehead atoms. The van der Waals surface area contributed by atoms with Gasteiger partial charge in [0.25, 0.3) is 5.91 Å². The van der Waals surface area contributed by atoms with Crippen molar-refractivity contribution in [3.8, 4) is 0 Å². The van der Waals surface area contributed by atoms with Crippen LogP contribution in [0.2, 0.25) is 0 Å². The SMILES string of the molecule is CC(O)(CCc1ccccc1)C(=O)NCC1(CO)CCCC1. The lowest BCUT2D eigenvalue weighted by Gasteiger charge is -2.29. The van der Waals surface area contributed by atoms with Crippen LogP contribution in [0, 0.1) is 5.41 Å². The van der Waals surface area contributed by atoms with Crippen LogP contribution in [0.3, 0.4) is 0 Å². The van der Waals surface area contributed by atoms with E-state index < -0.39 is 5.60 Å². The molecule has 0 saturated heterocycles. The summed E-state index contributed by atoms with van der Waals surface area (Å²) in [5.74, 6) is -0.344. The summed E-state index contributed by atoms with van der Waals surface area (Å²) >= 11 is 0. The Bertz CT molecular complexity index is 478. The smallest absolute Gasteiger partial charge is 0.251 e. The minimum absolute atomic E-state index is 0.0967. The Morgan fingerprint density at radius 2 is 1.91 bits per heavy atom. The normalized spacial score (nSPS) is 19.6. The highest BCUT2D eigenvalue weighted by molar-refractivity contribution is 5.84. The van der Waals surface area contributed by atoms with E-state index in [0.717, 1.165) is 31.2 Å². The minimum atomic E-state index is -1.38. The van der Waals surface area contributed by atoms with Crippen LogP contribution in [0.1, 0.15) is 44.6 Å². The average Bonchev–Trinajstić information content (AvgIpc) is 3.01. The molecule has 1 aliphatic rings. The van der Waals surface area contributed by atoms with E-state index in [1.54, 1.807) is 6.92 Å². The van der Waals surface area contributed by atoms with Gasteiger partial charge in [-0.15, -0.1) is 0 Å². The van der Waals surface area contributed by atoms with Gasteiger partial charge >= 0.3 is 0 Å². The van der Waals surface area contributed by atoms with Crippen molar-refractivity contribution in [3.63, 3.8) is 0 Å². The van der Waals surface area contributed by atoms with Crippen LogP contribution in [0.25, 0.3) is 0 Å². The second-order valence-electron chi connectivity index (χ2n) is 6.81. The second-order valence-corrected chi connectivity index (χ2v) is 6.81. The minimum Gasteiger partial charge on any atom is -0.396 e. The van der Waals surface area contributed by atoms with Gasteiger partial charge in [-0.1, -0.05) is 43.2 Å². The maximum absolute atomic E-state index is 12.3. The molecule has 3 N–H and O–H groups in total. The first kappa shape index (κ1) is 17.0. The standard InChI is InChI=1S/C18H27NO3/c1-17(22,12-9-15-7-3-2-4-8-15)16(21)19-13-18(14-20)10-5-6-11-18/h2-4,7-8,20,22H,5-6,9-14H2,1H3,(H,19,21). The van der Waals surface area contributed by atoms with E-state index in [9.17, 15) is 15.0 Å². The summed E-state index contributed by atoms with van der Waals surface area (Å²) in [6.07, 6.45) is 5.12. The fourth-order valence-corrected chi connectivity index (χ4v) is 3.12. The van der Waals surface area contributed by atoms with Gasteiger partial charge < -0.3 is 15.5 Å². The Morgan fingerprint density at radius 3 is 2.50 bits per heavy atom. The van der Waals surface area contributed by atoms with Gasteiger partial charge in [-0.2, -0.15) is 0 Å². The Labute approximate surface area is 132 Å². The number of hydrogen-bond donors (Lipinski definition) is 3. The van der Waals surface area contributed by atoms with Gasteiger partial charge in [0.2, 0.25) is 0 Å². The average molecular weight is 305 g/mol. The highest BCUT2D eigenvalue weighted by Gasteiger charge is 2.36. The number of aliphatic hydroxyl groups excluding tert-OH is 1. The van der Waals surface area contributed by atoms with Gasteiger partial charge in [0.05, 0.1) is 6.61 Å². The van der Waals surface area contributed by atoms with Crippen molar-refractivity contribution >= 4 is 5.91 Å². The highest BCUT2D eigenvalue weighted by atomic mass is 16.3. The first-order valence-electron chi connectivity index (χ1n) is 8.13. The van der Waals surface area contributed by atoms with Gasteiger partial charge in [-0.05, 0) is 38.2 Å². The molecule has 4 nitrogen and oxygen atoms in total. The van der Waals surface area contributed by atoms with Gasteiger partial charge in [-0.3, -0.25) is 4.79 Å². The number of aliphatic hydroxyl groups is 2. The molecule has 1 aromatic carbocycles. The molecule has 1 aliphatic carbocycles. The molecule has 0 spiro atoms. The molecular weight excluding hydrogens is 278 g/mol. The molecule has 0 radical (unpaired) electrons. The van der Waals surface area contributed by atoms with Crippen LogP contribution in [-0.4, -0.2) is 34.9 Å². The van der Waals surface area contributed by atoms with Crippen molar-refractivity contribution in [2.45, 2.75) is 51.0 Å². The van der Waals surface area contributed by atoms with Gasteiger partial charge in [0.1, 0.15) is 5.60 Å². The van der Waals surface area contributed by atoms with Crippen molar-refractivity contribution in [1.29, 1.82) is 0 Å². The number of amides is 1. The summed E-state index contributed by atoms with van der Waals surface area (Å²) < 4.78 is 0. The molecule has 122 valence electrons. The molecule has 1 fully saturated rings. The summed E-state index contributed by atoms with van der Waals surface area (Å²) in [5.41, 5.74) is -0.464. The summed E-state index contributed by atoms with van der Waals surface area (Å²) in [7, 11) is 0. The Hall–Kier alpha value is -1.39. The molecule has 0 heterocycles. The topological polar surface area (TPSA) is 69.6 Å². The molecule has 1 amide bonds. The zero-order valence-electron chi connectivity index (χ0n) is 13.3. The summed E-state index contributed by atoms with van der Waals surface area (Å²) in [6, 6.07) is 9.84. The largest absolute Gasteiger partial charge is 0.396 e. The van der Waals surface area contributed by atoms with Crippen molar-refractivity contribution < 1.29 is 15.0 Å². The molecule has 0 aromatic heterocycles. The second kappa shape index (κ2) is 7.25. The summed E-state index contributed by atoms with van der Waals surface area (Å²) in [6.45, 7) is 2.11. The van der Waals surface area contributed by atoms with Crippen LogP contribution >= 0.6 is 0 Å². The molecule has 2 rings (SSSR count). The molecule has 1 atom stereocenters. The number of rotatable bonds is 7. The van der Waals surface area contributed by atoms with E-state index >= 15 is 0 Å². The highest BCUT2D eigenvalue weighted by Crippen LogP contribution is 2.37. The van der Waals surface area contributed by atoms with E-state index in [4.69, 9.17) is 0 Å². The number of nitrogens with one attached hydrogen (secondary N) is 1. The lowest BCUT2D eigenvalue weighted by molar-refractivity contribution is -0.139. The summed E-state index contributed by atoms with van der Waals surface area (Å²) in [4.78, 5) is 12.3. The zero-order chi connectivity index (χ0) is 16.1. The molecular formula is C18H27NO3. The third-order valence-corrected chi connectivity index (χ3v) is 4.86. The van der Waals surface area contributed by atoms with Crippen molar-refractivity contribution in [3.05, 3.63) is 35.9 Å². The predicted molar refractivity (Wildman–Crippen MR) is 86.4 cm³/mol. The number of benzene rings is 1. The number of carbonyl (C=O) groups excluding carboxylic acids is 1. The quantitative estimate of drug-likeness (QED) is 0.722. The molecule has 1 saturated carbocycles. The Kier molecular flexibility index (Phi) is 5.59. The molecule has 4 heteroatoms. The van der Waals surface area contributed by atoms with Crippen LogP contribution in [0.15, 0.2) is 30.3 Å². The van der Waals surface area contributed by atoms with E-state index in [1.165, 1.54) is 0 Å². The Morgan fingerprint density at radius 1 is 1.27 bits per heavy atom. The van der Waals surface area contributed by atoms with E-state index in [1.807, 2.05) is 30.3 Å². The maximum atomic E-state index is 12.3. The summed E-state index contributed by atoms with van der Waals surface area (Å²) in [5, 5.41) is 22.8. The molecule has 22 heavy (non-hydrogen) atoms. The van der Waals surface area contributed by atoms with E-state index in [2.05, 4.69) is 5.32 Å². The van der Waals surface area contributed by atoms with E-state index in [-0.39, 0.29) is 17.9 Å². The third kappa shape index (κ3) is 4.31. The fourth-order valence-electron chi connectivity index (χ4n) is 3.12. The van der Waals surface area contributed by atoms with Gasteiger partial charge in [0, 0.05) is 12.0 Å². The lowest BCUT2D eigenvalue weighted by Crippen LogP contribution is -2.48. The van der Waals surface area contributed by atoms with E-state index in [0.29, 0.717) is 19.4 Å². The van der Waals surface area contributed by atoms with Gasteiger partial charge in [-0.25, -0.2) is 0 Å². The zero-order valence-corrected chi connectivity index (χ0v) is 13.3. The van der Waals surface area contributed by atoms with Crippen molar-refractivity contribution in [2.75, 3.05) is 13.2 Å². The monoisotopic (exact) mass is 305 g/mol. The van der Waals surface area contributed by atoms with Gasteiger partial charge in [0.15, 0.2) is 0 Å². The number of carbonyl (C=O) groups is 1. The fraction of sp³-hybridized carbons (Fsp3) is 0.611. The first-order chi connectivity index (χ1) is 10.5. The van der Waals surface area contributed by atoms with Crippen LogP contribution in [0.5, 0.6) is 0 Å². The van der Waals surface area contributed by atoms with Crippen molar-refractivity contribution in [2.24, 2.45) is 5.41 Å². The molecule has 1 aromatic rings. The number of aryl methyl sites for hydroxylation is 1.